The average Bonchev–Trinajstić information content (AvgIpc) is 2.33. The van der Waals surface area contributed by atoms with Gasteiger partial charge in [-0.2, -0.15) is 4.31 Å². The molecule has 1 aromatic rings. The highest BCUT2D eigenvalue weighted by atomic mass is 32.2. The molecule has 1 N–H and O–H groups in total. The van der Waals surface area contributed by atoms with E-state index in [-0.39, 0.29) is 35.8 Å². The van der Waals surface area contributed by atoms with E-state index >= 15 is 0 Å². The van der Waals surface area contributed by atoms with E-state index in [1.165, 1.54) is 13.0 Å². The molecule has 21 heavy (non-hydrogen) atoms. The quantitative estimate of drug-likeness (QED) is 0.633. The van der Waals surface area contributed by atoms with Crippen LogP contribution in [0.25, 0.3) is 0 Å². The molecule has 0 saturated heterocycles. The second kappa shape index (κ2) is 6.50. The Kier molecular flexibility index (Phi) is 5.43. The average molecular weight is 316 g/mol. The predicted octanol–water partition coefficient (Wildman–Crippen LogP) is 1.52. The molecule has 0 aliphatic carbocycles. The normalized spacial score (nSPS) is 11.9. The van der Waals surface area contributed by atoms with Crippen LogP contribution >= 0.6 is 0 Å². The lowest BCUT2D eigenvalue weighted by atomic mass is 10.1. The van der Waals surface area contributed by atoms with Crippen LogP contribution in [0.4, 0.5) is 5.69 Å². The van der Waals surface area contributed by atoms with E-state index in [2.05, 4.69) is 0 Å². The first-order chi connectivity index (χ1) is 9.68. The fourth-order valence-electron chi connectivity index (χ4n) is 2.52. The van der Waals surface area contributed by atoms with E-state index in [1.54, 1.807) is 20.8 Å². The van der Waals surface area contributed by atoms with Crippen molar-refractivity contribution in [1.29, 1.82) is 0 Å². The van der Waals surface area contributed by atoms with Gasteiger partial charge in [0.05, 0.1) is 16.4 Å². The van der Waals surface area contributed by atoms with Crippen LogP contribution in [0.2, 0.25) is 0 Å². The molecule has 1 rings (SSSR count). The molecule has 0 aliphatic heterocycles. The van der Waals surface area contributed by atoms with E-state index < -0.39 is 14.9 Å². The fraction of sp³-hybridized carbons (Fsp3) is 0.538. The second-order valence-electron chi connectivity index (χ2n) is 4.79. The molecule has 0 saturated carbocycles. The van der Waals surface area contributed by atoms with Crippen LogP contribution in [0, 0.1) is 30.9 Å². The van der Waals surface area contributed by atoms with Crippen LogP contribution in [0.5, 0.6) is 0 Å². The van der Waals surface area contributed by atoms with Gasteiger partial charge in [-0.1, -0.05) is 6.92 Å². The van der Waals surface area contributed by atoms with Crippen molar-refractivity contribution in [2.75, 3.05) is 19.7 Å². The predicted molar refractivity (Wildman–Crippen MR) is 78.8 cm³/mol. The SMILES string of the molecule is CCN(CCO)S(=O)(=O)c1c(C)cc(C)c([N+](=O)[O-])c1C. The monoisotopic (exact) mass is 316 g/mol. The minimum absolute atomic E-state index is 0.0423. The molecule has 118 valence electrons. The summed E-state index contributed by atoms with van der Waals surface area (Å²) in [7, 11) is -3.88. The molecule has 0 unspecified atom stereocenters. The summed E-state index contributed by atoms with van der Waals surface area (Å²) in [6.07, 6.45) is 0. The topological polar surface area (TPSA) is 101 Å². The third kappa shape index (κ3) is 3.22. The number of likely N-dealkylation sites (N-methyl/N-ethyl adjacent to an activating group) is 1. The lowest BCUT2D eigenvalue weighted by molar-refractivity contribution is -0.386. The van der Waals surface area contributed by atoms with Gasteiger partial charge in [-0.25, -0.2) is 8.42 Å². The van der Waals surface area contributed by atoms with Gasteiger partial charge in [0.25, 0.3) is 5.69 Å². The largest absolute Gasteiger partial charge is 0.395 e. The van der Waals surface area contributed by atoms with Crippen LogP contribution < -0.4 is 0 Å². The van der Waals surface area contributed by atoms with Crippen LogP contribution in [-0.2, 0) is 10.0 Å². The Labute approximate surface area is 124 Å². The van der Waals surface area contributed by atoms with Crippen molar-refractivity contribution in [3.05, 3.63) is 32.9 Å². The van der Waals surface area contributed by atoms with Crippen LogP contribution in [0.15, 0.2) is 11.0 Å². The number of rotatable bonds is 6. The number of hydrogen-bond acceptors (Lipinski definition) is 5. The number of aliphatic hydroxyl groups excluding tert-OH is 1. The highest BCUT2D eigenvalue weighted by Gasteiger charge is 2.31. The number of benzene rings is 1. The zero-order chi connectivity index (χ0) is 16.4. The lowest BCUT2D eigenvalue weighted by Crippen LogP contribution is -2.34. The van der Waals surface area contributed by atoms with E-state index in [4.69, 9.17) is 5.11 Å². The van der Waals surface area contributed by atoms with Crippen molar-refractivity contribution in [1.82, 2.24) is 4.31 Å². The number of aliphatic hydroxyl groups is 1. The standard InChI is InChI=1S/C13H20N2O5S/c1-5-14(6-7-16)21(19,20)13-10(3)8-9(2)12(11(13)4)15(17)18/h8,16H,5-7H2,1-4H3. The molecule has 0 atom stereocenters. The van der Waals surface area contributed by atoms with E-state index in [1.807, 2.05) is 0 Å². The van der Waals surface area contributed by atoms with E-state index in [0.29, 0.717) is 11.1 Å². The van der Waals surface area contributed by atoms with Gasteiger partial charge in [0.1, 0.15) is 0 Å². The summed E-state index contributed by atoms with van der Waals surface area (Å²) >= 11 is 0. The summed E-state index contributed by atoms with van der Waals surface area (Å²) in [5.41, 5.74) is 0.847. The van der Waals surface area contributed by atoms with Gasteiger partial charge in [0.15, 0.2) is 0 Å². The summed E-state index contributed by atoms with van der Waals surface area (Å²) in [5, 5.41) is 20.1. The van der Waals surface area contributed by atoms with Crippen LogP contribution in [-0.4, -0.2) is 42.4 Å². The zero-order valence-electron chi connectivity index (χ0n) is 12.6. The first-order valence-electron chi connectivity index (χ1n) is 6.54. The van der Waals surface area contributed by atoms with E-state index in [0.717, 1.165) is 4.31 Å². The van der Waals surface area contributed by atoms with Crippen molar-refractivity contribution in [3.63, 3.8) is 0 Å². The van der Waals surface area contributed by atoms with E-state index in [9.17, 15) is 18.5 Å². The highest BCUT2D eigenvalue weighted by Crippen LogP contribution is 2.33. The summed E-state index contributed by atoms with van der Waals surface area (Å²) in [6, 6.07) is 1.50. The van der Waals surface area contributed by atoms with Crippen molar-refractivity contribution in [3.8, 4) is 0 Å². The second-order valence-corrected chi connectivity index (χ2v) is 6.67. The lowest BCUT2D eigenvalue weighted by Gasteiger charge is -2.22. The third-order valence-electron chi connectivity index (χ3n) is 3.34. The van der Waals surface area contributed by atoms with Crippen molar-refractivity contribution in [2.45, 2.75) is 32.6 Å². The summed E-state index contributed by atoms with van der Waals surface area (Å²) in [4.78, 5) is 10.5. The minimum Gasteiger partial charge on any atom is -0.395 e. The summed E-state index contributed by atoms with van der Waals surface area (Å²) in [6.45, 7) is 6.13. The summed E-state index contributed by atoms with van der Waals surface area (Å²) < 4.78 is 26.5. The number of nitro benzene ring substituents is 1. The molecule has 8 heteroatoms. The minimum atomic E-state index is -3.88. The van der Waals surface area contributed by atoms with Crippen molar-refractivity contribution >= 4 is 15.7 Å². The Morgan fingerprint density at radius 2 is 1.86 bits per heavy atom. The number of sulfonamides is 1. The Bertz CT molecular complexity index is 655. The first-order valence-corrected chi connectivity index (χ1v) is 7.98. The molecule has 7 nitrogen and oxygen atoms in total. The molecule has 0 bridgehead atoms. The highest BCUT2D eigenvalue weighted by molar-refractivity contribution is 7.89. The molecule has 0 aliphatic rings. The summed E-state index contributed by atoms with van der Waals surface area (Å²) in [5.74, 6) is 0. The van der Waals surface area contributed by atoms with Gasteiger partial charge in [0.2, 0.25) is 10.0 Å². The molecule has 0 radical (unpaired) electrons. The van der Waals surface area contributed by atoms with Gasteiger partial charge in [-0.05, 0) is 32.4 Å². The molecular formula is C13H20N2O5S. The van der Waals surface area contributed by atoms with Gasteiger partial charge in [-0.15, -0.1) is 0 Å². The zero-order valence-corrected chi connectivity index (χ0v) is 13.4. The number of nitro groups is 1. The molecule has 0 amide bonds. The molecule has 0 spiro atoms. The Hall–Kier alpha value is -1.51. The molecule has 0 fully saturated rings. The third-order valence-corrected chi connectivity index (χ3v) is 5.61. The fourth-order valence-corrected chi connectivity index (χ4v) is 4.39. The molecule has 0 heterocycles. The van der Waals surface area contributed by atoms with Crippen LogP contribution in [0.1, 0.15) is 23.6 Å². The Morgan fingerprint density at radius 1 is 1.29 bits per heavy atom. The molecule has 0 aromatic heterocycles. The Morgan fingerprint density at radius 3 is 2.29 bits per heavy atom. The molecule has 1 aromatic carbocycles. The maximum absolute atomic E-state index is 12.7. The number of aryl methyl sites for hydroxylation is 2. The van der Waals surface area contributed by atoms with Gasteiger partial charge in [-0.3, -0.25) is 10.1 Å². The first kappa shape index (κ1) is 17.5. The maximum Gasteiger partial charge on any atom is 0.276 e. The van der Waals surface area contributed by atoms with Crippen molar-refractivity contribution < 1.29 is 18.4 Å². The maximum atomic E-state index is 12.7. The van der Waals surface area contributed by atoms with Crippen molar-refractivity contribution in [2.24, 2.45) is 0 Å². The van der Waals surface area contributed by atoms with Crippen LogP contribution in [0.3, 0.4) is 0 Å². The number of nitrogens with zero attached hydrogens (tertiary/aromatic N) is 2. The van der Waals surface area contributed by atoms with Gasteiger partial charge >= 0.3 is 0 Å². The molecular weight excluding hydrogens is 296 g/mol. The Balaban J connectivity index is 3.63. The van der Waals surface area contributed by atoms with Gasteiger partial charge in [0, 0.05) is 24.2 Å². The smallest absolute Gasteiger partial charge is 0.276 e. The number of hydrogen-bond donors (Lipinski definition) is 1. The van der Waals surface area contributed by atoms with Gasteiger partial charge < -0.3 is 5.11 Å².